The normalized spacial score (nSPS) is 27.9. The summed E-state index contributed by atoms with van der Waals surface area (Å²) < 4.78 is 23.4. The van der Waals surface area contributed by atoms with E-state index in [0.29, 0.717) is 18.3 Å². The van der Waals surface area contributed by atoms with Crippen LogP contribution in [0.15, 0.2) is 0 Å². The van der Waals surface area contributed by atoms with Crippen LogP contribution in [-0.2, 0) is 9.84 Å². The van der Waals surface area contributed by atoms with Gasteiger partial charge in [0.1, 0.15) is 9.84 Å². The van der Waals surface area contributed by atoms with Crippen molar-refractivity contribution >= 4 is 15.9 Å². The molecule has 0 bridgehead atoms. The number of piperidine rings is 1. The van der Waals surface area contributed by atoms with Gasteiger partial charge in [0, 0.05) is 25.4 Å². The molecule has 6 heteroatoms. The summed E-state index contributed by atoms with van der Waals surface area (Å²) in [7, 11) is -3.00. The number of carbonyl (C=O) groups excluding carboxylic acids is 1. The Hall–Kier alpha value is -0.780. The summed E-state index contributed by atoms with van der Waals surface area (Å²) in [4.78, 5) is 14.3. The largest absolute Gasteiger partial charge is 0.335 e. The van der Waals surface area contributed by atoms with Crippen LogP contribution in [0.1, 0.15) is 52.4 Å². The molecule has 1 aliphatic carbocycles. The van der Waals surface area contributed by atoms with Gasteiger partial charge in [0.05, 0.1) is 5.25 Å². The van der Waals surface area contributed by atoms with Gasteiger partial charge in [-0.25, -0.2) is 13.2 Å². The van der Waals surface area contributed by atoms with E-state index >= 15 is 0 Å². The summed E-state index contributed by atoms with van der Waals surface area (Å²) in [6.07, 6.45) is 6.50. The van der Waals surface area contributed by atoms with Crippen molar-refractivity contribution < 1.29 is 13.2 Å². The molecule has 1 saturated heterocycles. The number of likely N-dealkylation sites (tertiary alicyclic amines) is 1. The fourth-order valence-corrected chi connectivity index (χ4v) is 4.88. The molecule has 0 aromatic carbocycles. The number of nitrogens with one attached hydrogen (secondary N) is 1. The fourth-order valence-electron chi connectivity index (χ4n) is 3.70. The Bertz CT molecular complexity index is 482. The number of sulfone groups is 1. The van der Waals surface area contributed by atoms with E-state index in [1.165, 1.54) is 6.26 Å². The minimum absolute atomic E-state index is 0.00352. The molecule has 1 saturated carbocycles. The molecular weight excluding hydrogens is 300 g/mol. The van der Waals surface area contributed by atoms with Gasteiger partial charge < -0.3 is 10.2 Å². The summed E-state index contributed by atoms with van der Waals surface area (Å²) in [5, 5.41) is 2.76. The zero-order valence-electron chi connectivity index (χ0n) is 14.0. The zero-order valence-corrected chi connectivity index (χ0v) is 14.9. The summed E-state index contributed by atoms with van der Waals surface area (Å²) in [5.74, 6) is 1.40. The van der Waals surface area contributed by atoms with Crippen molar-refractivity contribution in [3.05, 3.63) is 0 Å². The first-order valence-electron chi connectivity index (χ1n) is 8.51. The summed E-state index contributed by atoms with van der Waals surface area (Å²) >= 11 is 0. The van der Waals surface area contributed by atoms with Crippen LogP contribution in [0.5, 0.6) is 0 Å². The molecule has 0 radical (unpaired) electrons. The van der Waals surface area contributed by atoms with E-state index < -0.39 is 9.84 Å². The van der Waals surface area contributed by atoms with Crippen molar-refractivity contribution in [1.29, 1.82) is 0 Å². The number of amides is 2. The molecule has 0 aromatic heterocycles. The number of carbonyl (C=O) groups is 1. The van der Waals surface area contributed by atoms with Crippen LogP contribution in [0.4, 0.5) is 4.79 Å². The van der Waals surface area contributed by atoms with Crippen LogP contribution in [0, 0.1) is 11.8 Å². The van der Waals surface area contributed by atoms with Crippen LogP contribution >= 0.6 is 0 Å². The summed E-state index contributed by atoms with van der Waals surface area (Å²) in [6.45, 7) is 6.12. The van der Waals surface area contributed by atoms with Gasteiger partial charge in [0.2, 0.25) is 0 Å². The van der Waals surface area contributed by atoms with E-state index in [9.17, 15) is 13.2 Å². The molecule has 1 N–H and O–H groups in total. The van der Waals surface area contributed by atoms with Crippen LogP contribution in [0.2, 0.25) is 0 Å². The van der Waals surface area contributed by atoms with E-state index in [1.807, 2.05) is 4.90 Å². The molecule has 1 aliphatic heterocycles. The van der Waals surface area contributed by atoms with Crippen LogP contribution in [0.3, 0.4) is 0 Å². The second-order valence-corrected chi connectivity index (χ2v) is 9.66. The quantitative estimate of drug-likeness (QED) is 0.864. The molecule has 2 fully saturated rings. The van der Waals surface area contributed by atoms with Gasteiger partial charge in [0.15, 0.2) is 0 Å². The molecule has 0 aromatic rings. The van der Waals surface area contributed by atoms with E-state index in [0.717, 1.165) is 45.2 Å². The maximum atomic E-state index is 12.4. The maximum absolute atomic E-state index is 12.4. The average Bonchev–Trinajstić information content (AvgIpc) is 2.46. The Balaban J connectivity index is 1.82. The molecule has 128 valence electrons. The minimum atomic E-state index is -3.00. The highest BCUT2D eigenvalue weighted by Gasteiger charge is 2.31. The van der Waals surface area contributed by atoms with Crippen molar-refractivity contribution in [3.63, 3.8) is 0 Å². The smallest absolute Gasteiger partial charge is 0.317 e. The lowest BCUT2D eigenvalue weighted by Gasteiger charge is -2.36. The van der Waals surface area contributed by atoms with Crippen molar-refractivity contribution in [2.75, 3.05) is 19.3 Å². The number of rotatable bonds is 3. The Morgan fingerprint density at radius 1 is 1.14 bits per heavy atom. The highest BCUT2D eigenvalue weighted by Crippen LogP contribution is 2.26. The van der Waals surface area contributed by atoms with Gasteiger partial charge in [-0.3, -0.25) is 0 Å². The second-order valence-electron chi connectivity index (χ2n) is 7.33. The van der Waals surface area contributed by atoms with Gasteiger partial charge >= 0.3 is 6.03 Å². The summed E-state index contributed by atoms with van der Waals surface area (Å²) in [6, 6.07) is -0.00912. The van der Waals surface area contributed by atoms with Gasteiger partial charge in [-0.05, 0) is 43.9 Å². The number of nitrogens with zero attached hydrogens (tertiary/aromatic N) is 1. The lowest BCUT2D eigenvalue weighted by molar-refractivity contribution is 0.152. The Morgan fingerprint density at radius 2 is 1.77 bits per heavy atom. The number of urea groups is 1. The van der Waals surface area contributed by atoms with Gasteiger partial charge in [-0.15, -0.1) is 0 Å². The predicted molar refractivity (Wildman–Crippen MR) is 88.6 cm³/mol. The molecule has 2 atom stereocenters. The molecule has 0 unspecified atom stereocenters. The minimum Gasteiger partial charge on any atom is -0.335 e. The lowest BCUT2D eigenvalue weighted by atomic mass is 9.87. The maximum Gasteiger partial charge on any atom is 0.317 e. The van der Waals surface area contributed by atoms with Gasteiger partial charge in [-0.1, -0.05) is 20.3 Å². The van der Waals surface area contributed by atoms with Crippen LogP contribution < -0.4 is 5.32 Å². The predicted octanol–water partition coefficient (Wildman–Crippen LogP) is 2.42. The topological polar surface area (TPSA) is 66.5 Å². The number of hydrogen-bond acceptors (Lipinski definition) is 3. The molecule has 2 amide bonds. The van der Waals surface area contributed by atoms with Crippen molar-refractivity contribution in [2.45, 2.75) is 63.7 Å². The van der Waals surface area contributed by atoms with Gasteiger partial charge in [0.25, 0.3) is 0 Å². The molecule has 2 rings (SSSR count). The Labute approximate surface area is 134 Å². The highest BCUT2D eigenvalue weighted by atomic mass is 32.2. The third-order valence-corrected chi connectivity index (χ3v) is 6.97. The van der Waals surface area contributed by atoms with Crippen molar-refractivity contribution in [1.82, 2.24) is 10.2 Å². The van der Waals surface area contributed by atoms with Crippen molar-refractivity contribution in [3.8, 4) is 0 Å². The highest BCUT2D eigenvalue weighted by molar-refractivity contribution is 7.91. The first kappa shape index (κ1) is 17.6. The zero-order chi connectivity index (χ0) is 16.3. The third-order valence-electron chi connectivity index (χ3n) is 5.33. The monoisotopic (exact) mass is 330 g/mol. The van der Waals surface area contributed by atoms with Gasteiger partial charge in [-0.2, -0.15) is 0 Å². The van der Waals surface area contributed by atoms with E-state index in [4.69, 9.17) is 0 Å². The molecule has 5 nitrogen and oxygen atoms in total. The van der Waals surface area contributed by atoms with Crippen molar-refractivity contribution in [2.24, 2.45) is 11.8 Å². The first-order chi connectivity index (χ1) is 10.3. The second kappa shape index (κ2) is 7.20. The van der Waals surface area contributed by atoms with Crippen LogP contribution in [0.25, 0.3) is 0 Å². The fraction of sp³-hybridized carbons (Fsp3) is 0.938. The average molecular weight is 330 g/mol. The summed E-state index contributed by atoms with van der Waals surface area (Å²) in [5.41, 5.74) is 0. The van der Waals surface area contributed by atoms with Crippen LogP contribution in [-0.4, -0.2) is 50.0 Å². The molecular formula is C16H30N2O3S. The molecule has 0 spiro atoms. The first-order valence-corrected chi connectivity index (χ1v) is 10.5. The van der Waals surface area contributed by atoms with E-state index in [-0.39, 0.29) is 17.3 Å². The lowest BCUT2D eigenvalue weighted by Crippen LogP contribution is -2.50. The molecule has 22 heavy (non-hydrogen) atoms. The standard InChI is InChI=1S/C16H30N2O3S/c1-12(2)13-7-9-18(10-8-13)16(19)17-14-5-4-6-15(11-14)22(3,20)21/h12-15H,4-11H2,1-3H3,(H,17,19)/t14-,15-/m0/s1. The Kier molecular flexibility index (Phi) is 5.75. The molecule has 2 aliphatic rings. The van der Waals surface area contributed by atoms with E-state index in [1.54, 1.807) is 0 Å². The van der Waals surface area contributed by atoms with E-state index in [2.05, 4.69) is 19.2 Å². The molecule has 1 heterocycles. The Morgan fingerprint density at radius 3 is 2.32 bits per heavy atom. The SMILES string of the molecule is CC(C)C1CCN(C(=O)N[C@H]2CCC[C@H](S(C)(=O)=O)C2)CC1. The third kappa shape index (κ3) is 4.61. The number of hydrogen-bond donors (Lipinski definition) is 1.